The minimum absolute atomic E-state index is 0.532. The van der Waals surface area contributed by atoms with E-state index in [9.17, 15) is 0 Å². The maximum atomic E-state index is 5.36. The molecule has 1 aromatic rings. The second-order valence-electron chi connectivity index (χ2n) is 5.23. The molecule has 0 aliphatic heterocycles. The second kappa shape index (κ2) is 9.65. The van der Waals surface area contributed by atoms with Crippen LogP contribution in [0.15, 0.2) is 18.2 Å². The average Bonchev–Trinajstić information content (AvgIpc) is 2.50. The molecular weight excluding hydrogens is 250 g/mol. The van der Waals surface area contributed by atoms with Gasteiger partial charge in [-0.1, -0.05) is 38.7 Å². The molecule has 1 rings (SSSR count). The average molecular weight is 279 g/mol. The van der Waals surface area contributed by atoms with Gasteiger partial charge in [-0.3, -0.25) is 0 Å². The minimum atomic E-state index is 0.532. The molecule has 0 amide bonds. The van der Waals surface area contributed by atoms with Crippen LogP contribution in [0.1, 0.15) is 44.6 Å². The first kappa shape index (κ1) is 16.8. The monoisotopic (exact) mass is 279 g/mol. The molecule has 0 aromatic heterocycles. The van der Waals surface area contributed by atoms with Crippen LogP contribution in [0.4, 0.5) is 0 Å². The summed E-state index contributed by atoms with van der Waals surface area (Å²) in [5, 5.41) is 3.42. The van der Waals surface area contributed by atoms with E-state index in [-0.39, 0.29) is 0 Å². The Morgan fingerprint density at radius 3 is 2.40 bits per heavy atom. The van der Waals surface area contributed by atoms with Gasteiger partial charge < -0.3 is 14.8 Å². The molecule has 1 N–H and O–H groups in total. The van der Waals surface area contributed by atoms with Crippen molar-refractivity contribution in [1.29, 1.82) is 0 Å². The smallest absolute Gasteiger partial charge is 0.160 e. The predicted octanol–water partition coefficient (Wildman–Crippen LogP) is 3.80. The molecule has 0 radical (unpaired) electrons. The number of methoxy groups -OCH3 is 2. The molecule has 1 unspecified atom stereocenters. The zero-order chi connectivity index (χ0) is 14.8. The normalized spacial score (nSPS) is 12.2. The van der Waals surface area contributed by atoms with E-state index in [1.165, 1.54) is 37.7 Å². The summed E-state index contributed by atoms with van der Waals surface area (Å²) in [7, 11) is 5.40. The van der Waals surface area contributed by atoms with E-state index in [0.29, 0.717) is 6.04 Å². The zero-order valence-electron chi connectivity index (χ0n) is 13.4. The molecule has 1 atom stereocenters. The molecule has 0 heterocycles. The van der Waals surface area contributed by atoms with Crippen LogP contribution < -0.4 is 14.8 Å². The molecule has 20 heavy (non-hydrogen) atoms. The molecule has 0 fully saturated rings. The summed E-state index contributed by atoms with van der Waals surface area (Å²) in [4.78, 5) is 0. The lowest BCUT2D eigenvalue weighted by Gasteiger charge is -2.17. The van der Waals surface area contributed by atoms with E-state index in [1.807, 2.05) is 13.1 Å². The highest BCUT2D eigenvalue weighted by molar-refractivity contribution is 5.43. The highest BCUT2D eigenvalue weighted by Crippen LogP contribution is 2.28. The lowest BCUT2D eigenvalue weighted by atomic mass is 10.00. The van der Waals surface area contributed by atoms with Gasteiger partial charge in [0.1, 0.15) is 0 Å². The number of rotatable bonds is 10. The number of unbranched alkanes of at least 4 members (excludes halogenated alkanes) is 3. The summed E-state index contributed by atoms with van der Waals surface area (Å²) in [5.74, 6) is 1.60. The van der Waals surface area contributed by atoms with Crippen molar-refractivity contribution < 1.29 is 9.47 Å². The predicted molar refractivity (Wildman–Crippen MR) is 84.9 cm³/mol. The maximum Gasteiger partial charge on any atom is 0.160 e. The zero-order valence-corrected chi connectivity index (χ0v) is 13.4. The summed E-state index contributed by atoms with van der Waals surface area (Å²) in [5.41, 5.74) is 1.29. The summed E-state index contributed by atoms with van der Waals surface area (Å²) in [6.45, 7) is 2.25. The van der Waals surface area contributed by atoms with Crippen molar-refractivity contribution in [3.8, 4) is 11.5 Å². The van der Waals surface area contributed by atoms with Gasteiger partial charge in [-0.05, 0) is 37.6 Å². The summed E-state index contributed by atoms with van der Waals surface area (Å²) in [6, 6.07) is 6.72. The number of likely N-dealkylation sites (N-methyl/N-ethyl adjacent to an activating group) is 1. The van der Waals surface area contributed by atoms with Crippen LogP contribution in [0.5, 0.6) is 11.5 Å². The van der Waals surface area contributed by atoms with E-state index < -0.39 is 0 Å². The molecule has 0 bridgehead atoms. The molecule has 3 nitrogen and oxygen atoms in total. The van der Waals surface area contributed by atoms with Crippen molar-refractivity contribution in [3.63, 3.8) is 0 Å². The van der Waals surface area contributed by atoms with Crippen molar-refractivity contribution >= 4 is 0 Å². The van der Waals surface area contributed by atoms with Crippen LogP contribution in [0, 0.1) is 0 Å². The van der Waals surface area contributed by atoms with Crippen LogP contribution in [-0.2, 0) is 6.42 Å². The molecule has 0 aliphatic rings. The van der Waals surface area contributed by atoms with E-state index in [2.05, 4.69) is 24.4 Å². The fourth-order valence-electron chi connectivity index (χ4n) is 2.46. The molecule has 3 heteroatoms. The first-order chi connectivity index (χ1) is 9.74. The standard InChI is InChI=1S/C17H29NO2/c1-5-6-7-8-9-15(18-2)12-14-10-11-16(19-3)17(13-14)20-4/h10-11,13,15,18H,5-9,12H2,1-4H3. The third-order valence-electron chi connectivity index (χ3n) is 3.74. The van der Waals surface area contributed by atoms with E-state index in [0.717, 1.165) is 17.9 Å². The summed E-state index contributed by atoms with van der Waals surface area (Å²) < 4.78 is 10.6. The van der Waals surface area contributed by atoms with Gasteiger partial charge in [0.2, 0.25) is 0 Å². The largest absolute Gasteiger partial charge is 0.493 e. The van der Waals surface area contributed by atoms with Crippen LogP contribution in [0.25, 0.3) is 0 Å². The lowest BCUT2D eigenvalue weighted by Crippen LogP contribution is -2.27. The SMILES string of the molecule is CCCCCCC(Cc1ccc(OC)c(OC)c1)NC. The maximum absolute atomic E-state index is 5.36. The van der Waals surface area contributed by atoms with Crippen LogP contribution >= 0.6 is 0 Å². The van der Waals surface area contributed by atoms with Gasteiger partial charge in [-0.15, -0.1) is 0 Å². The Hall–Kier alpha value is -1.22. The first-order valence-electron chi connectivity index (χ1n) is 7.63. The van der Waals surface area contributed by atoms with Crippen LogP contribution in [0.3, 0.4) is 0 Å². The van der Waals surface area contributed by atoms with E-state index in [4.69, 9.17) is 9.47 Å². The quantitative estimate of drug-likeness (QED) is 0.661. The minimum Gasteiger partial charge on any atom is -0.493 e. The highest BCUT2D eigenvalue weighted by atomic mass is 16.5. The Morgan fingerprint density at radius 1 is 1.05 bits per heavy atom. The van der Waals surface area contributed by atoms with Gasteiger partial charge in [0.05, 0.1) is 14.2 Å². The highest BCUT2D eigenvalue weighted by Gasteiger charge is 2.10. The third-order valence-corrected chi connectivity index (χ3v) is 3.74. The van der Waals surface area contributed by atoms with E-state index in [1.54, 1.807) is 14.2 Å². The lowest BCUT2D eigenvalue weighted by molar-refractivity contribution is 0.354. The Morgan fingerprint density at radius 2 is 1.80 bits per heavy atom. The van der Waals surface area contributed by atoms with Crippen molar-refractivity contribution in [2.45, 2.75) is 51.5 Å². The van der Waals surface area contributed by atoms with Gasteiger partial charge in [0, 0.05) is 6.04 Å². The first-order valence-corrected chi connectivity index (χ1v) is 7.63. The molecule has 1 aromatic carbocycles. The number of ether oxygens (including phenoxy) is 2. The number of hydrogen-bond donors (Lipinski definition) is 1. The number of hydrogen-bond acceptors (Lipinski definition) is 3. The fraction of sp³-hybridized carbons (Fsp3) is 0.647. The Bertz CT molecular complexity index is 379. The Labute approximate surface area is 123 Å². The number of nitrogens with one attached hydrogen (secondary N) is 1. The van der Waals surface area contributed by atoms with Gasteiger partial charge in [-0.25, -0.2) is 0 Å². The summed E-state index contributed by atoms with van der Waals surface area (Å²) >= 11 is 0. The summed E-state index contributed by atoms with van der Waals surface area (Å²) in [6.07, 6.45) is 7.52. The van der Waals surface area contributed by atoms with Gasteiger partial charge in [0.25, 0.3) is 0 Å². The molecule has 114 valence electrons. The molecule has 0 spiro atoms. The van der Waals surface area contributed by atoms with Gasteiger partial charge in [0.15, 0.2) is 11.5 Å². The molecule has 0 saturated heterocycles. The molecular formula is C17H29NO2. The van der Waals surface area contributed by atoms with Gasteiger partial charge >= 0.3 is 0 Å². The number of benzene rings is 1. The third kappa shape index (κ3) is 5.41. The van der Waals surface area contributed by atoms with Crippen LogP contribution in [-0.4, -0.2) is 27.3 Å². The van der Waals surface area contributed by atoms with Gasteiger partial charge in [-0.2, -0.15) is 0 Å². The van der Waals surface area contributed by atoms with Crippen molar-refractivity contribution in [2.24, 2.45) is 0 Å². The Kier molecular flexibility index (Phi) is 8.12. The van der Waals surface area contributed by atoms with E-state index >= 15 is 0 Å². The molecule has 0 saturated carbocycles. The Balaban J connectivity index is 2.56. The van der Waals surface area contributed by atoms with Crippen molar-refractivity contribution in [2.75, 3.05) is 21.3 Å². The fourth-order valence-corrected chi connectivity index (χ4v) is 2.46. The van der Waals surface area contributed by atoms with Crippen LogP contribution in [0.2, 0.25) is 0 Å². The molecule has 0 aliphatic carbocycles. The second-order valence-corrected chi connectivity index (χ2v) is 5.23. The topological polar surface area (TPSA) is 30.5 Å². The van der Waals surface area contributed by atoms with Crippen molar-refractivity contribution in [1.82, 2.24) is 5.32 Å². The van der Waals surface area contributed by atoms with Crippen molar-refractivity contribution in [3.05, 3.63) is 23.8 Å².